The van der Waals surface area contributed by atoms with Crippen LogP contribution < -0.4 is 10.1 Å². The molecule has 2 N–H and O–H groups in total. The van der Waals surface area contributed by atoms with E-state index in [-0.39, 0.29) is 0 Å². The third kappa shape index (κ3) is 3.62. The van der Waals surface area contributed by atoms with E-state index >= 15 is 0 Å². The molecule has 0 aliphatic carbocycles. The zero-order chi connectivity index (χ0) is 17.1. The van der Waals surface area contributed by atoms with Gasteiger partial charge in [0, 0.05) is 12.5 Å². The molecule has 1 fully saturated rings. The molecule has 2 atom stereocenters. The second kappa shape index (κ2) is 7.16. The lowest BCUT2D eigenvalue weighted by molar-refractivity contribution is 0.197. The summed E-state index contributed by atoms with van der Waals surface area (Å²) in [7, 11) is 0. The maximum Gasteiger partial charge on any atom is 0.119 e. The number of ether oxygens (including phenoxy) is 1. The molecular weight excluding hydrogens is 310 g/mol. The fourth-order valence-corrected chi connectivity index (χ4v) is 3.72. The standard InChI is InChI=1S/C22H23NO2/c24-20-8-5-17(6-9-20)22-11-12-23-14-19(22)15-25-21-10-7-16-3-1-2-4-18(16)13-21/h1-10,13,19,22-24H,11-12,14-15H2. The van der Waals surface area contributed by atoms with E-state index in [2.05, 4.69) is 41.7 Å². The normalized spacial score (nSPS) is 20.5. The minimum Gasteiger partial charge on any atom is -0.508 e. The third-order valence-electron chi connectivity index (χ3n) is 5.11. The van der Waals surface area contributed by atoms with Crippen LogP contribution in [0.1, 0.15) is 17.9 Å². The minimum atomic E-state index is 0.321. The van der Waals surface area contributed by atoms with Gasteiger partial charge in [0.25, 0.3) is 0 Å². The number of phenolic OH excluding ortho intramolecular Hbond substituents is 1. The molecule has 3 nitrogen and oxygen atoms in total. The summed E-state index contributed by atoms with van der Waals surface area (Å²) < 4.78 is 6.14. The van der Waals surface area contributed by atoms with Crippen molar-refractivity contribution in [1.29, 1.82) is 0 Å². The van der Waals surface area contributed by atoms with Gasteiger partial charge in [-0.3, -0.25) is 0 Å². The first-order valence-electron chi connectivity index (χ1n) is 8.91. The van der Waals surface area contributed by atoms with E-state index in [1.54, 1.807) is 12.1 Å². The van der Waals surface area contributed by atoms with E-state index in [4.69, 9.17) is 4.74 Å². The van der Waals surface area contributed by atoms with E-state index in [1.165, 1.54) is 16.3 Å². The Bertz CT molecular complexity index is 844. The lowest BCUT2D eigenvalue weighted by Gasteiger charge is -2.32. The molecule has 2 unspecified atom stereocenters. The van der Waals surface area contributed by atoms with Gasteiger partial charge in [0.05, 0.1) is 6.61 Å². The zero-order valence-electron chi connectivity index (χ0n) is 14.2. The monoisotopic (exact) mass is 333 g/mol. The number of aromatic hydroxyl groups is 1. The van der Waals surface area contributed by atoms with Crippen molar-refractivity contribution in [3.8, 4) is 11.5 Å². The fourth-order valence-electron chi connectivity index (χ4n) is 3.72. The lowest BCUT2D eigenvalue weighted by Crippen LogP contribution is -2.38. The van der Waals surface area contributed by atoms with Gasteiger partial charge >= 0.3 is 0 Å². The van der Waals surface area contributed by atoms with Crippen LogP contribution >= 0.6 is 0 Å². The smallest absolute Gasteiger partial charge is 0.119 e. The third-order valence-corrected chi connectivity index (χ3v) is 5.11. The fraction of sp³-hybridized carbons (Fsp3) is 0.273. The highest BCUT2D eigenvalue weighted by Crippen LogP contribution is 2.32. The Labute approximate surface area is 148 Å². The van der Waals surface area contributed by atoms with Crippen molar-refractivity contribution in [1.82, 2.24) is 5.32 Å². The number of fused-ring (bicyclic) bond motifs is 1. The van der Waals surface area contributed by atoms with Gasteiger partial charge in [-0.05, 0) is 59.5 Å². The van der Waals surface area contributed by atoms with Crippen LogP contribution in [-0.4, -0.2) is 24.8 Å². The van der Waals surface area contributed by atoms with Crippen LogP contribution in [0.4, 0.5) is 0 Å². The molecule has 0 aromatic heterocycles. The number of rotatable bonds is 4. The largest absolute Gasteiger partial charge is 0.508 e. The average molecular weight is 333 g/mol. The summed E-state index contributed by atoms with van der Waals surface area (Å²) in [6, 6.07) is 22.2. The van der Waals surface area contributed by atoms with Crippen molar-refractivity contribution in [3.05, 3.63) is 72.3 Å². The Hall–Kier alpha value is -2.52. The molecular formula is C22H23NO2. The number of hydrogen-bond donors (Lipinski definition) is 2. The molecule has 0 bridgehead atoms. The van der Waals surface area contributed by atoms with Crippen molar-refractivity contribution >= 4 is 10.8 Å². The number of nitrogens with one attached hydrogen (secondary N) is 1. The summed E-state index contributed by atoms with van der Waals surface area (Å²) in [5, 5.41) is 15.4. The molecule has 1 saturated heterocycles. The van der Waals surface area contributed by atoms with E-state index in [0.29, 0.717) is 24.2 Å². The van der Waals surface area contributed by atoms with E-state index in [0.717, 1.165) is 25.3 Å². The quantitative estimate of drug-likeness (QED) is 0.747. The molecule has 3 aromatic rings. The van der Waals surface area contributed by atoms with Crippen molar-refractivity contribution < 1.29 is 9.84 Å². The van der Waals surface area contributed by atoms with Gasteiger partial charge in [0.2, 0.25) is 0 Å². The Balaban J connectivity index is 1.48. The summed E-state index contributed by atoms with van der Waals surface area (Å²) >= 11 is 0. The first-order valence-corrected chi connectivity index (χ1v) is 8.91. The van der Waals surface area contributed by atoms with E-state index < -0.39 is 0 Å². The molecule has 1 aliphatic rings. The molecule has 1 heterocycles. The first-order chi connectivity index (χ1) is 12.3. The first kappa shape index (κ1) is 16.0. The Morgan fingerprint density at radius 1 is 0.960 bits per heavy atom. The predicted octanol–water partition coefficient (Wildman–Crippen LogP) is 4.32. The van der Waals surface area contributed by atoms with Crippen LogP contribution in [0.2, 0.25) is 0 Å². The second-order valence-electron chi connectivity index (χ2n) is 6.77. The Morgan fingerprint density at radius 2 is 1.76 bits per heavy atom. The van der Waals surface area contributed by atoms with Crippen LogP contribution in [0.15, 0.2) is 66.7 Å². The average Bonchev–Trinajstić information content (AvgIpc) is 2.67. The summed E-state index contributed by atoms with van der Waals surface area (Å²) in [5.74, 6) is 2.13. The highest BCUT2D eigenvalue weighted by atomic mass is 16.5. The highest BCUT2D eigenvalue weighted by molar-refractivity contribution is 5.83. The number of benzene rings is 3. The Kier molecular flexibility index (Phi) is 4.57. The number of piperidine rings is 1. The predicted molar refractivity (Wildman–Crippen MR) is 101 cm³/mol. The molecule has 25 heavy (non-hydrogen) atoms. The lowest BCUT2D eigenvalue weighted by atomic mass is 9.81. The van der Waals surface area contributed by atoms with E-state index in [1.807, 2.05) is 18.2 Å². The van der Waals surface area contributed by atoms with Crippen LogP contribution in [-0.2, 0) is 0 Å². The zero-order valence-corrected chi connectivity index (χ0v) is 14.2. The van der Waals surface area contributed by atoms with Gasteiger partial charge < -0.3 is 15.2 Å². The molecule has 0 amide bonds. The molecule has 0 radical (unpaired) electrons. The summed E-state index contributed by atoms with van der Waals surface area (Å²) in [5.41, 5.74) is 1.28. The molecule has 4 rings (SSSR count). The summed E-state index contributed by atoms with van der Waals surface area (Å²) in [6.45, 7) is 2.67. The molecule has 1 aliphatic heterocycles. The topological polar surface area (TPSA) is 41.5 Å². The van der Waals surface area contributed by atoms with Crippen molar-refractivity contribution in [2.24, 2.45) is 5.92 Å². The van der Waals surface area contributed by atoms with Crippen LogP contribution in [0, 0.1) is 5.92 Å². The molecule has 0 saturated carbocycles. The molecule has 3 heteroatoms. The molecule has 0 spiro atoms. The SMILES string of the molecule is Oc1ccc(C2CCNCC2COc2ccc3ccccc3c2)cc1. The Morgan fingerprint density at radius 3 is 2.60 bits per heavy atom. The summed E-state index contributed by atoms with van der Waals surface area (Å²) in [4.78, 5) is 0. The number of hydrogen-bond acceptors (Lipinski definition) is 3. The van der Waals surface area contributed by atoms with Crippen LogP contribution in [0.25, 0.3) is 10.8 Å². The second-order valence-corrected chi connectivity index (χ2v) is 6.77. The van der Waals surface area contributed by atoms with Gasteiger partial charge in [0.15, 0.2) is 0 Å². The van der Waals surface area contributed by atoms with Crippen molar-refractivity contribution in [2.45, 2.75) is 12.3 Å². The van der Waals surface area contributed by atoms with Crippen LogP contribution in [0.3, 0.4) is 0 Å². The van der Waals surface area contributed by atoms with Gasteiger partial charge in [-0.25, -0.2) is 0 Å². The van der Waals surface area contributed by atoms with Gasteiger partial charge in [-0.15, -0.1) is 0 Å². The van der Waals surface area contributed by atoms with Gasteiger partial charge in [0.1, 0.15) is 11.5 Å². The van der Waals surface area contributed by atoms with Crippen LogP contribution in [0.5, 0.6) is 11.5 Å². The van der Waals surface area contributed by atoms with Crippen molar-refractivity contribution in [3.63, 3.8) is 0 Å². The van der Waals surface area contributed by atoms with Crippen molar-refractivity contribution in [2.75, 3.05) is 19.7 Å². The minimum absolute atomic E-state index is 0.321. The maximum absolute atomic E-state index is 9.52. The highest BCUT2D eigenvalue weighted by Gasteiger charge is 2.27. The molecule has 128 valence electrons. The van der Waals surface area contributed by atoms with Gasteiger partial charge in [-0.1, -0.05) is 42.5 Å². The van der Waals surface area contributed by atoms with E-state index in [9.17, 15) is 5.11 Å². The number of phenols is 1. The maximum atomic E-state index is 9.52. The molecule has 3 aromatic carbocycles. The summed E-state index contributed by atoms with van der Waals surface area (Å²) in [6.07, 6.45) is 1.09. The van der Waals surface area contributed by atoms with Gasteiger partial charge in [-0.2, -0.15) is 0 Å².